The van der Waals surface area contributed by atoms with Gasteiger partial charge in [0.15, 0.2) is 17.2 Å². The van der Waals surface area contributed by atoms with Crippen molar-refractivity contribution >= 4 is 11.4 Å². The molecule has 3 fully saturated rings. The van der Waals surface area contributed by atoms with Crippen LogP contribution in [0.1, 0.15) is 55.2 Å². The quantitative estimate of drug-likeness (QED) is 0.520. The van der Waals surface area contributed by atoms with E-state index in [0.29, 0.717) is 17.7 Å². The van der Waals surface area contributed by atoms with Crippen LogP contribution in [0, 0.1) is 5.82 Å². The number of nitrogens with zero attached hydrogens (tertiary/aromatic N) is 3. The number of pyridine rings is 2. The van der Waals surface area contributed by atoms with Crippen molar-refractivity contribution in [2.45, 2.75) is 57.2 Å². The molecule has 0 atom stereocenters. The number of ether oxygens (including phenoxy) is 3. The summed E-state index contributed by atoms with van der Waals surface area (Å²) in [7, 11) is 1.46. The molecule has 8 heteroatoms. The van der Waals surface area contributed by atoms with Crippen LogP contribution >= 0.6 is 0 Å². The van der Waals surface area contributed by atoms with E-state index in [-0.39, 0.29) is 46.6 Å². The zero-order chi connectivity index (χ0) is 22.7. The van der Waals surface area contributed by atoms with Crippen LogP contribution < -0.4 is 9.47 Å². The fourth-order valence-electron chi connectivity index (χ4n) is 5.05. The molecular formula is C24H26FN3O4. The molecule has 3 aromatic rings. The Hall–Kier alpha value is -3.00. The van der Waals surface area contributed by atoms with Crippen molar-refractivity contribution in [3.05, 3.63) is 53.4 Å². The number of fused-ring (bicyclic) bond motifs is 2. The molecular weight excluding hydrogens is 413 g/mol. The molecule has 32 heavy (non-hydrogen) atoms. The minimum absolute atomic E-state index is 0.0551. The molecule has 0 aromatic carbocycles. The maximum absolute atomic E-state index is 15.6. The van der Waals surface area contributed by atoms with Gasteiger partial charge in [0.2, 0.25) is 11.7 Å². The molecule has 0 amide bonds. The Morgan fingerprint density at radius 3 is 2.78 bits per heavy atom. The first-order valence-corrected chi connectivity index (χ1v) is 10.8. The monoisotopic (exact) mass is 439 g/mol. The normalized spacial score (nSPS) is 24.1. The number of rotatable bonds is 7. The van der Waals surface area contributed by atoms with E-state index in [4.69, 9.17) is 14.2 Å². The van der Waals surface area contributed by atoms with Crippen molar-refractivity contribution in [1.82, 2.24) is 14.4 Å². The van der Waals surface area contributed by atoms with E-state index in [0.717, 1.165) is 18.5 Å². The molecule has 3 aliphatic rings. The highest BCUT2D eigenvalue weighted by Gasteiger charge is 2.61. The first-order valence-electron chi connectivity index (χ1n) is 10.8. The van der Waals surface area contributed by atoms with Crippen LogP contribution in [-0.4, -0.2) is 45.6 Å². The highest BCUT2D eigenvalue weighted by molar-refractivity contribution is 5.99. The second kappa shape index (κ2) is 7.27. The number of methoxy groups -OCH3 is 1. The van der Waals surface area contributed by atoms with E-state index < -0.39 is 5.82 Å². The number of carbonyl (C=O) groups is 1. The summed E-state index contributed by atoms with van der Waals surface area (Å²) in [5, 5.41) is 0. The molecule has 1 aliphatic carbocycles. The molecule has 0 unspecified atom stereocenters. The van der Waals surface area contributed by atoms with Crippen LogP contribution in [0.2, 0.25) is 0 Å². The Labute approximate surface area is 185 Å². The van der Waals surface area contributed by atoms with Gasteiger partial charge in [0.1, 0.15) is 0 Å². The first kappa shape index (κ1) is 20.9. The highest BCUT2D eigenvalue weighted by atomic mass is 19.1. The Bertz CT molecular complexity index is 1210. The number of halogens is 1. The zero-order valence-corrected chi connectivity index (χ0v) is 18.6. The molecule has 7 nitrogen and oxygen atoms in total. The van der Waals surface area contributed by atoms with E-state index in [9.17, 15) is 4.79 Å². The van der Waals surface area contributed by atoms with E-state index >= 15 is 4.39 Å². The molecule has 2 bridgehead atoms. The third kappa shape index (κ3) is 3.24. The van der Waals surface area contributed by atoms with Crippen LogP contribution in [0.25, 0.3) is 5.65 Å². The number of ketones is 1. The van der Waals surface area contributed by atoms with Gasteiger partial charge in [-0.3, -0.25) is 4.79 Å². The van der Waals surface area contributed by atoms with Crippen LogP contribution in [-0.2, 0) is 16.6 Å². The van der Waals surface area contributed by atoms with E-state index in [2.05, 4.69) is 16.9 Å². The molecule has 5 heterocycles. The van der Waals surface area contributed by atoms with E-state index in [1.807, 2.05) is 20.0 Å². The lowest BCUT2D eigenvalue weighted by molar-refractivity contribution is 0.0154. The summed E-state index contributed by atoms with van der Waals surface area (Å²) >= 11 is 0. The third-order valence-corrected chi connectivity index (χ3v) is 6.35. The van der Waals surface area contributed by atoms with Gasteiger partial charge in [0.05, 0.1) is 36.7 Å². The number of Topliss-reactive ketones (excluding diaryl/α,β-unsaturated/α-hetero) is 1. The Morgan fingerprint density at radius 2 is 2.12 bits per heavy atom. The number of imidazole rings is 1. The lowest BCUT2D eigenvalue weighted by Gasteiger charge is -2.41. The zero-order valence-electron chi connectivity index (χ0n) is 18.6. The highest BCUT2D eigenvalue weighted by Crippen LogP contribution is 2.58. The predicted molar refractivity (Wildman–Crippen MR) is 115 cm³/mol. The summed E-state index contributed by atoms with van der Waals surface area (Å²) in [6.07, 6.45) is 6.58. The second-order valence-corrected chi connectivity index (χ2v) is 9.35. The summed E-state index contributed by atoms with van der Waals surface area (Å²) in [4.78, 5) is 21.8. The van der Waals surface area contributed by atoms with Crippen molar-refractivity contribution in [2.24, 2.45) is 0 Å². The molecule has 0 spiro atoms. The smallest absolute Gasteiger partial charge is 0.224 e. The average Bonchev–Trinajstić information content (AvgIpc) is 3.41. The molecule has 168 valence electrons. The van der Waals surface area contributed by atoms with E-state index in [1.54, 1.807) is 28.9 Å². The van der Waals surface area contributed by atoms with Gasteiger partial charge in [-0.25, -0.2) is 9.97 Å². The third-order valence-electron chi connectivity index (χ3n) is 6.35. The molecule has 0 radical (unpaired) electrons. The first-order chi connectivity index (χ1) is 15.2. The Kier molecular flexibility index (Phi) is 4.74. The SMILES string of the molecule is COc1ncccc1C(=O)Cc1cn2cc(C34COC(C)(C3)C4)nc2c(F)c1OC(C)C. The minimum atomic E-state index is -0.564. The van der Waals surface area contributed by atoms with Crippen LogP contribution in [0.15, 0.2) is 30.7 Å². The number of hydrogen-bond donors (Lipinski definition) is 0. The van der Waals surface area contributed by atoms with Crippen LogP contribution in [0.4, 0.5) is 4.39 Å². The van der Waals surface area contributed by atoms with Gasteiger partial charge in [-0.2, -0.15) is 4.39 Å². The topological polar surface area (TPSA) is 75.0 Å². The lowest BCUT2D eigenvalue weighted by Crippen LogP contribution is -2.45. The number of hydrogen-bond acceptors (Lipinski definition) is 6. The van der Waals surface area contributed by atoms with Crippen molar-refractivity contribution in [2.75, 3.05) is 13.7 Å². The summed E-state index contributed by atoms with van der Waals surface area (Å²) in [6.45, 7) is 6.33. The summed E-state index contributed by atoms with van der Waals surface area (Å²) < 4.78 is 34.2. The molecule has 0 N–H and O–H groups in total. The lowest BCUT2D eigenvalue weighted by atomic mass is 9.62. The Balaban J connectivity index is 1.56. The van der Waals surface area contributed by atoms with Gasteiger partial charge in [0, 0.05) is 36.0 Å². The summed E-state index contributed by atoms with van der Waals surface area (Å²) in [6, 6.07) is 3.32. The maximum Gasteiger partial charge on any atom is 0.224 e. The molecule has 2 saturated heterocycles. The van der Waals surface area contributed by atoms with Gasteiger partial charge in [0.25, 0.3) is 0 Å². The fraction of sp³-hybridized carbons (Fsp3) is 0.458. The van der Waals surface area contributed by atoms with Crippen molar-refractivity contribution in [1.29, 1.82) is 0 Å². The minimum Gasteiger partial charge on any atom is -0.487 e. The summed E-state index contributed by atoms with van der Waals surface area (Å²) in [5.74, 6) is -0.505. The number of carbonyl (C=O) groups excluding carboxylic acids is 1. The number of aromatic nitrogens is 3. The van der Waals surface area contributed by atoms with Crippen LogP contribution in [0.3, 0.4) is 0 Å². The van der Waals surface area contributed by atoms with Gasteiger partial charge in [-0.05, 0) is 45.7 Å². The predicted octanol–water partition coefficient (Wildman–Crippen LogP) is 3.91. The second-order valence-electron chi connectivity index (χ2n) is 9.35. The van der Waals surface area contributed by atoms with Crippen LogP contribution in [0.5, 0.6) is 11.6 Å². The molecule has 1 saturated carbocycles. The largest absolute Gasteiger partial charge is 0.487 e. The molecule has 2 aliphatic heterocycles. The van der Waals surface area contributed by atoms with Crippen molar-refractivity contribution in [3.8, 4) is 11.6 Å². The van der Waals surface area contributed by atoms with Gasteiger partial charge in [-0.1, -0.05) is 0 Å². The molecule has 6 rings (SSSR count). The Morgan fingerprint density at radius 1 is 1.34 bits per heavy atom. The van der Waals surface area contributed by atoms with Crippen molar-refractivity contribution in [3.63, 3.8) is 0 Å². The standard InChI is InChI=1S/C24H26FN3O4/c1-14(2)32-20-15(8-17(29)16-6-5-7-26-22(16)30-4)9-28-10-18(27-21(28)19(20)25)24-11-23(3,12-24)31-13-24/h5-7,9-10,14H,8,11-13H2,1-4H3. The fourth-order valence-corrected chi connectivity index (χ4v) is 5.05. The van der Waals surface area contributed by atoms with Crippen molar-refractivity contribution < 1.29 is 23.4 Å². The maximum atomic E-state index is 15.6. The van der Waals surface area contributed by atoms with Gasteiger partial charge >= 0.3 is 0 Å². The molecule has 3 aromatic heterocycles. The average molecular weight is 439 g/mol. The summed E-state index contributed by atoms with van der Waals surface area (Å²) in [5.41, 5.74) is 1.54. The van der Waals surface area contributed by atoms with Gasteiger partial charge in [-0.15, -0.1) is 0 Å². The van der Waals surface area contributed by atoms with Gasteiger partial charge < -0.3 is 18.6 Å². The van der Waals surface area contributed by atoms with E-state index in [1.165, 1.54) is 7.11 Å².